The summed E-state index contributed by atoms with van der Waals surface area (Å²) in [6.45, 7) is 0.241. The molecule has 0 atom stereocenters. The van der Waals surface area contributed by atoms with Crippen LogP contribution in [0.1, 0.15) is 5.69 Å². The Morgan fingerprint density at radius 3 is 2.50 bits per heavy atom. The van der Waals surface area contributed by atoms with E-state index < -0.39 is 0 Å². The van der Waals surface area contributed by atoms with Crippen molar-refractivity contribution in [3.05, 3.63) is 81.6 Å². The molecule has 4 nitrogen and oxygen atoms in total. The first-order valence-electron chi connectivity index (χ1n) is 6.56. The summed E-state index contributed by atoms with van der Waals surface area (Å²) in [6, 6.07) is 12.4. The van der Waals surface area contributed by atoms with Crippen LogP contribution in [0.4, 0.5) is 4.39 Å². The molecule has 6 heteroatoms. The predicted molar refractivity (Wildman–Crippen MR) is 82.2 cm³/mol. The average Bonchev–Trinajstić information content (AvgIpc) is 2.52. The van der Waals surface area contributed by atoms with E-state index in [0.29, 0.717) is 16.4 Å². The molecular formula is C16H11ClFN3O. The van der Waals surface area contributed by atoms with E-state index in [0.717, 1.165) is 5.56 Å². The standard InChI is InChI=1S/C16H11ClFN3O/c17-12-3-6-14(19-9-12)10-21-16(22)8-7-15(20-21)11-1-4-13(18)5-2-11/h1-9H,10H2. The van der Waals surface area contributed by atoms with Gasteiger partial charge >= 0.3 is 0 Å². The fourth-order valence-corrected chi connectivity index (χ4v) is 2.10. The van der Waals surface area contributed by atoms with Gasteiger partial charge < -0.3 is 0 Å². The Labute approximate surface area is 130 Å². The SMILES string of the molecule is O=c1ccc(-c2ccc(F)cc2)nn1Cc1ccc(Cl)cn1. The van der Waals surface area contributed by atoms with Crippen molar-refractivity contribution in [1.82, 2.24) is 14.8 Å². The van der Waals surface area contributed by atoms with E-state index in [4.69, 9.17) is 11.6 Å². The van der Waals surface area contributed by atoms with Gasteiger partial charge in [0.1, 0.15) is 5.82 Å². The lowest BCUT2D eigenvalue weighted by Gasteiger charge is -2.07. The zero-order valence-electron chi connectivity index (χ0n) is 11.4. The van der Waals surface area contributed by atoms with Crippen LogP contribution in [0.15, 0.2) is 59.5 Å². The molecule has 3 rings (SSSR count). The van der Waals surface area contributed by atoms with Gasteiger partial charge in [-0.15, -0.1) is 0 Å². The molecule has 0 aliphatic heterocycles. The Morgan fingerprint density at radius 1 is 1.05 bits per heavy atom. The van der Waals surface area contributed by atoms with Crippen LogP contribution in [0.5, 0.6) is 0 Å². The fraction of sp³-hybridized carbons (Fsp3) is 0.0625. The lowest BCUT2D eigenvalue weighted by Crippen LogP contribution is -2.23. The number of aromatic nitrogens is 3. The monoisotopic (exact) mass is 315 g/mol. The predicted octanol–water partition coefficient (Wildman–Crippen LogP) is 3.15. The molecule has 0 amide bonds. The second-order valence-electron chi connectivity index (χ2n) is 4.69. The second kappa shape index (κ2) is 6.07. The number of benzene rings is 1. The summed E-state index contributed by atoms with van der Waals surface area (Å²) in [5.41, 5.74) is 1.77. The van der Waals surface area contributed by atoms with Crippen molar-refractivity contribution in [3.8, 4) is 11.3 Å². The third-order valence-corrected chi connectivity index (χ3v) is 3.33. The second-order valence-corrected chi connectivity index (χ2v) is 5.13. The van der Waals surface area contributed by atoms with E-state index in [1.807, 2.05) is 0 Å². The van der Waals surface area contributed by atoms with Crippen LogP contribution in [0.2, 0.25) is 5.02 Å². The summed E-state index contributed by atoms with van der Waals surface area (Å²) in [6.07, 6.45) is 1.52. The van der Waals surface area contributed by atoms with Crippen LogP contribution in [0.3, 0.4) is 0 Å². The maximum atomic E-state index is 13.0. The number of rotatable bonds is 3. The minimum Gasteiger partial charge on any atom is -0.268 e. The van der Waals surface area contributed by atoms with Gasteiger partial charge in [0.05, 0.1) is 23.0 Å². The third-order valence-electron chi connectivity index (χ3n) is 3.11. The van der Waals surface area contributed by atoms with E-state index in [1.54, 1.807) is 30.3 Å². The molecule has 0 aliphatic rings. The van der Waals surface area contributed by atoms with Gasteiger partial charge in [-0.3, -0.25) is 9.78 Å². The molecule has 0 bridgehead atoms. The van der Waals surface area contributed by atoms with Crippen LogP contribution < -0.4 is 5.56 Å². The topological polar surface area (TPSA) is 47.8 Å². The van der Waals surface area contributed by atoms with Crippen LogP contribution in [-0.2, 0) is 6.54 Å². The van der Waals surface area contributed by atoms with Gasteiger partial charge in [-0.2, -0.15) is 5.10 Å². The highest BCUT2D eigenvalue weighted by molar-refractivity contribution is 6.30. The largest absolute Gasteiger partial charge is 0.268 e. The first-order chi connectivity index (χ1) is 10.6. The van der Waals surface area contributed by atoms with Crippen LogP contribution >= 0.6 is 11.6 Å². The first kappa shape index (κ1) is 14.4. The van der Waals surface area contributed by atoms with Crippen LogP contribution in [0, 0.1) is 5.82 Å². The molecule has 0 saturated carbocycles. The lowest BCUT2D eigenvalue weighted by atomic mass is 10.1. The van der Waals surface area contributed by atoms with Gasteiger partial charge in [0.15, 0.2) is 0 Å². The van der Waals surface area contributed by atoms with E-state index in [1.165, 1.54) is 29.1 Å². The average molecular weight is 316 g/mol. The molecule has 3 aromatic rings. The molecule has 0 aliphatic carbocycles. The molecule has 0 N–H and O–H groups in total. The zero-order chi connectivity index (χ0) is 15.5. The van der Waals surface area contributed by atoms with Crippen molar-refractivity contribution >= 4 is 11.6 Å². The summed E-state index contributed by atoms with van der Waals surface area (Å²) in [5.74, 6) is -0.317. The molecule has 0 fully saturated rings. The number of halogens is 2. The van der Waals surface area contributed by atoms with Crippen molar-refractivity contribution in [2.75, 3.05) is 0 Å². The van der Waals surface area contributed by atoms with Crippen LogP contribution in [-0.4, -0.2) is 14.8 Å². The van der Waals surface area contributed by atoms with E-state index >= 15 is 0 Å². The van der Waals surface area contributed by atoms with Crippen molar-refractivity contribution in [1.29, 1.82) is 0 Å². The summed E-state index contributed by atoms with van der Waals surface area (Å²) in [4.78, 5) is 16.1. The van der Waals surface area contributed by atoms with Crippen molar-refractivity contribution in [2.24, 2.45) is 0 Å². The number of nitrogens with zero attached hydrogens (tertiary/aromatic N) is 3. The Balaban J connectivity index is 1.94. The van der Waals surface area contributed by atoms with Gasteiger partial charge in [0.2, 0.25) is 0 Å². The Bertz CT molecular complexity index is 845. The third kappa shape index (κ3) is 3.20. The van der Waals surface area contributed by atoms with Crippen molar-refractivity contribution in [3.63, 3.8) is 0 Å². The summed E-state index contributed by atoms with van der Waals surface area (Å²) in [5, 5.41) is 4.83. The van der Waals surface area contributed by atoms with E-state index in [-0.39, 0.29) is 17.9 Å². The Kier molecular flexibility index (Phi) is 3.98. The summed E-state index contributed by atoms with van der Waals surface area (Å²) < 4.78 is 14.3. The number of hydrogen-bond acceptors (Lipinski definition) is 3. The lowest BCUT2D eigenvalue weighted by molar-refractivity contribution is 0.626. The van der Waals surface area contributed by atoms with E-state index in [2.05, 4.69) is 10.1 Å². The molecule has 2 heterocycles. The number of hydrogen-bond donors (Lipinski definition) is 0. The smallest absolute Gasteiger partial charge is 0.267 e. The van der Waals surface area contributed by atoms with Crippen molar-refractivity contribution in [2.45, 2.75) is 6.54 Å². The Morgan fingerprint density at radius 2 is 1.82 bits per heavy atom. The molecule has 110 valence electrons. The highest BCUT2D eigenvalue weighted by atomic mass is 35.5. The summed E-state index contributed by atoms with van der Waals surface area (Å²) in [7, 11) is 0. The highest BCUT2D eigenvalue weighted by Gasteiger charge is 2.05. The molecule has 0 spiro atoms. The molecule has 22 heavy (non-hydrogen) atoms. The quantitative estimate of drug-likeness (QED) is 0.746. The van der Waals surface area contributed by atoms with Gasteiger partial charge in [-0.05, 0) is 42.5 Å². The maximum Gasteiger partial charge on any atom is 0.267 e. The highest BCUT2D eigenvalue weighted by Crippen LogP contribution is 2.15. The molecule has 1 aromatic carbocycles. The molecular weight excluding hydrogens is 305 g/mol. The van der Waals surface area contributed by atoms with E-state index in [9.17, 15) is 9.18 Å². The van der Waals surface area contributed by atoms with Crippen molar-refractivity contribution < 1.29 is 4.39 Å². The molecule has 0 unspecified atom stereocenters. The molecule has 0 radical (unpaired) electrons. The first-order valence-corrected chi connectivity index (χ1v) is 6.94. The summed E-state index contributed by atoms with van der Waals surface area (Å²) >= 11 is 5.79. The molecule has 2 aromatic heterocycles. The number of pyridine rings is 1. The fourth-order valence-electron chi connectivity index (χ4n) is 1.99. The zero-order valence-corrected chi connectivity index (χ0v) is 12.2. The van der Waals surface area contributed by atoms with Gasteiger partial charge in [0, 0.05) is 17.8 Å². The van der Waals surface area contributed by atoms with Gasteiger partial charge in [-0.25, -0.2) is 9.07 Å². The minimum atomic E-state index is -0.317. The van der Waals surface area contributed by atoms with Gasteiger partial charge in [0.25, 0.3) is 5.56 Å². The van der Waals surface area contributed by atoms with Gasteiger partial charge in [-0.1, -0.05) is 11.6 Å². The Hall–Kier alpha value is -2.53. The minimum absolute atomic E-state index is 0.234. The van der Waals surface area contributed by atoms with Crippen LogP contribution in [0.25, 0.3) is 11.3 Å². The maximum absolute atomic E-state index is 13.0. The normalized spacial score (nSPS) is 10.6. The molecule has 0 saturated heterocycles.